The molecule has 2 heteroatoms. The maximum atomic E-state index is 12.0. The third-order valence-corrected chi connectivity index (χ3v) is 8.32. The number of Topliss-reactive ketones (excluding diaryl/α,β-unsaturated/α-hetero) is 2. The molecule has 0 aromatic heterocycles. The zero-order valence-electron chi connectivity index (χ0n) is 14.1. The molecular weight excluding hydrogens is 272 g/mol. The quantitative estimate of drug-likeness (QED) is 0.719. The van der Waals surface area contributed by atoms with Crippen LogP contribution in [-0.4, -0.2) is 11.6 Å². The first kappa shape index (κ1) is 14.9. The molecule has 0 amide bonds. The standard InChI is InChI=1S/C20H30O2/c1-12(21)15-5-6-17-16(15)7-8-19-18(17)4-3-13-11-14(22)9-10-20(13,19)2/h13,15-19H,3-11H2,1-2H3. The molecule has 4 saturated carbocycles. The lowest BCUT2D eigenvalue weighted by Crippen LogP contribution is -2.51. The van der Waals surface area contributed by atoms with Gasteiger partial charge >= 0.3 is 0 Å². The summed E-state index contributed by atoms with van der Waals surface area (Å²) in [5.41, 5.74) is 0.413. The monoisotopic (exact) mass is 302 g/mol. The van der Waals surface area contributed by atoms with E-state index in [-0.39, 0.29) is 0 Å². The predicted molar refractivity (Wildman–Crippen MR) is 86.3 cm³/mol. The molecule has 7 unspecified atom stereocenters. The van der Waals surface area contributed by atoms with Crippen LogP contribution in [0.5, 0.6) is 0 Å². The van der Waals surface area contributed by atoms with Crippen molar-refractivity contribution in [2.45, 2.75) is 71.6 Å². The Labute approximate surface area is 134 Å². The van der Waals surface area contributed by atoms with E-state index < -0.39 is 0 Å². The molecule has 0 aromatic rings. The van der Waals surface area contributed by atoms with Crippen LogP contribution in [0.2, 0.25) is 0 Å². The van der Waals surface area contributed by atoms with Crippen LogP contribution < -0.4 is 0 Å². The number of fused-ring (bicyclic) bond motifs is 5. The average Bonchev–Trinajstić information content (AvgIpc) is 2.92. The first-order chi connectivity index (χ1) is 10.5. The van der Waals surface area contributed by atoms with Crippen molar-refractivity contribution >= 4 is 11.6 Å². The van der Waals surface area contributed by atoms with Crippen molar-refractivity contribution in [3.63, 3.8) is 0 Å². The van der Waals surface area contributed by atoms with Crippen molar-refractivity contribution < 1.29 is 9.59 Å². The Bertz CT molecular complexity index is 496. The molecule has 0 saturated heterocycles. The lowest BCUT2D eigenvalue weighted by molar-refractivity contribution is -0.136. The van der Waals surface area contributed by atoms with Gasteiger partial charge in [0.1, 0.15) is 11.6 Å². The average molecular weight is 302 g/mol. The third-order valence-electron chi connectivity index (χ3n) is 8.32. The maximum absolute atomic E-state index is 12.0. The van der Waals surface area contributed by atoms with Crippen molar-refractivity contribution in [1.82, 2.24) is 0 Å². The molecule has 122 valence electrons. The number of rotatable bonds is 1. The van der Waals surface area contributed by atoms with E-state index >= 15 is 0 Å². The summed E-state index contributed by atoms with van der Waals surface area (Å²) in [5, 5.41) is 0. The molecule has 0 radical (unpaired) electrons. The van der Waals surface area contributed by atoms with E-state index in [2.05, 4.69) is 6.92 Å². The Morgan fingerprint density at radius 3 is 2.50 bits per heavy atom. The second kappa shape index (κ2) is 5.18. The van der Waals surface area contributed by atoms with Crippen molar-refractivity contribution in [1.29, 1.82) is 0 Å². The zero-order valence-corrected chi connectivity index (χ0v) is 14.1. The second-order valence-corrected chi connectivity index (χ2v) is 8.99. The van der Waals surface area contributed by atoms with Crippen LogP contribution in [0.3, 0.4) is 0 Å². The van der Waals surface area contributed by atoms with Gasteiger partial charge in [0.05, 0.1) is 0 Å². The first-order valence-electron chi connectivity index (χ1n) is 9.53. The Hall–Kier alpha value is -0.660. The molecule has 0 aliphatic heterocycles. The molecule has 2 nitrogen and oxygen atoms in total. The molecule has 0 bridgehead atoms. The molecule has 7 atom stereocenters. The summed E-state index contributed by atoms with van der Waals surface area (Å²) in [6, 6.07) is 0. The van der Waals surface area contributed by atoms with Gasteiger partial charge in [0.15, 0.2) is 0 Å². The van der Waals surface area contributed by atoms with Gasteiger partial charge in [0.2, 0.25) is 0 Å². The highest BCUT2D eigenvalue weighted by Crippen LogP contribution is 2.63. The minimum Gasteiger partial charge on any atom is -0.300 e. The number of carbonyl (C=O) groups is 2. The van der Waals surface area contributed by atoms with Crippen LogP contribution >= 0.6 is 0 Å². The largest absolute Gasteiger partial charge is 0.300 e. The van der Waals surface area contributed by atoms with Crippen LogP contribution in [0.15, 0.2) is 0 Å². The maximum Gasteiger partial charge on any atom is 0.133 e. The summed E-state index contributed by atoms with van der Waals surface area (Å²) < 4.78 is 0. The molecule has 22 heavy (non-hydrogen) atoms. The number of hydrogen-bond acceptors (Lipinski definition) is 2. The fourth-order valence-electron chi connectivity index (χ4n) is 7.21. The van der Waals surface area contributed by atoms with Gasteiger partial charge < -0.3 is 0 Å². The minimum absolute atomic E-state index is 0.365. The van der Waals surface area contributed by atoms with Gasteiger partial charge in [-0.1, -0.05) is 6.92 Å². The molecule has 0 spiro atoms. The SMILES string of the molecule is CC(=O)C1CCC2C1CCC1C2CCC2CC(=O)CCC21C. The summed E-state index contributed by atoms with van der Waals surface area (Å²) >= 11 is 0. The van der Waals surface area contributed by atoms with Gasteiger partial charge in [-0.3, -0.25) is 9.59 Å². The fraction of sp³-hybridized carbons (Fsp3) is 0.900. The van der Waals surface area contributed by atoms with E-state index in [0.29, 0.717) is 34.7 Å². The first-order valence-corrected chi connectivity index (χ1v) is 9.53. The lowest BCUT2D eigenvalue weighted by Gasteiger charge is -2.58. The summed E-state index contributed by atoms with van der Waals surface area (Å²) in [4.78, 5) is 23.8. The number of hydrogen-bond donors (Lipinski definition) is 0. The zero-order chi connectivity index (χ0) is 15.5. The topological polar surface area (TPSA) is 34.1 Å². The van der Waals surface area contributed by atoms with Gasteiger partial charge in [-0.2, -0.15) is 0 Å². The highest BCUT2D eigenvalue weighted by molar-refractivity contribution is 5.80. The Balaban J connectivity index is 1.58. The molecule has 0 heterocycles. The van der Waals surface area contributed by atoms with Crippen LogP contribution in [0, 0.1) is 40.9 Å². The lowest BCUT2D eigenvalue weighted by atomic mass is 9.47. The Morgan fingerprint density at radius 1 is 1.00 bits per heavy atom. The molecule has 4 fully saturated rings. The summed E-state index contributed by atoms with van der Waals surface area (Å²) in [6.45, 7) is 4.31. The van der Waals surface area contributed by atoms with Gasteiger partial charge in [0.25, 0.3) is 0 Å². The number of carbonyl (C=O) groups excluding carboxylic acids is 2. The third kappa shape index (κ3) is 2.05. The van der Waals surface area contributed by atoms with Gasteiger partial charge in [-0.15, -0.1) is 0 Å². The Morgan fingerprint density at radius 2 is 1.73 bits per heavy atom. The predicted octanol–water partition coefficient (Wildman–Crippen LogP) is 4.41. The fourth-order valence-corrected chi connectivity index (χ4v) is 7.21. The summed E-state index contributed by atoms with van der Waals surface area (Å²) in [7, 11) is 0. The van der Waals surface area contributed by atoms with E-state index in [9.17, 15) is 9.59 Å². The summed E-state index contributed by atoms with van der Waals surface area (Å²) in [6.07, 6.45) is 10.4. The van der Waals surface area contributed by atoms with E-state index in [1.807, 2.05) is 6.92 Å². The van der Waals surface area contributed by atoms with Gasteiger partial charge in [-0.25, -0.2) is 0 Å². The summed E-state index contributed by atoms with van der Waals surface area (Å²) in [5.74, 6) is 5.12. The molecule has 4 aliphatic rings. The molecule has 4 aliphatic carbocycles. The van der Waals surface area contributed by atoms with Crippen molar-refractivity contribution in [3.8, 4) is 0 Å². The van der Waals surface area contributed by atoms with Crippen LogP contribution in [-0.2, 0) is 9.59 Å². The van der Waals surface area contributed by atoms with Crippen molar-refractivity contribution in [3.05, 3.63) is 0 Å². The minimum atomic E-state index is 0.365. The second-order valence-electron chi connectivity index (χ2n) is 8.99. The molecular formula is C20H30O2. The van der Waals surface area contributed by atoms with E-state index in [0.717, 1.165) is 43.4 Å². The molecule has 4 rings (SSSR count). The van der Waals surface area contributed by atoms with Gasteiger partial charge in [0, 0.05) is 18.8 Å². The van der Waals surface area contributed by atoms with Crippen LogP contribution in [0.1, 0.15) is 71.6 Å². The van der Waals surface area contributed by atoms with E-state index in [4.69, 9.17) is 0 Å². The highest BCUT2D eigenvalue weighted by Gasteiger charge is 2.56. The van der Waals surface area contributed by atoms with Crippen molar-refractivity contribution in [2.75, 3.05) is 0 Å². The highest BCUT2D eigenvalue weighted by atomic mass is 16.1. The number of ketones is 2. The van der Waals surface area contributed by atoms with Crippen LogP contribution in [0.25, 0.3) is 0 Å². The van der Waals surface area contributed by atoms with Gasteiger partial charge in [-0.05, 0) is 86.9 Å². The Kier molecular flexibility index (Phi) is 3.51. The molecule has 0 aromatic carbocycles. The smallest absolute Gasteiger partial charge is 0.133 e. The normalized spacial score (nSPS) is 50.9. The van der Waals surface area contributed by atoms with E-state index in [1.165, 1.54) is 32.1 Å². The van der Waals surface area contributed by atoms with E-state index in [1.54, 1.807) is 0 Å². The van der Waals surface area contributed by atoms with Crippen molar-refractivity contribution in [2.24, 2.45) is 40.9 Å². The molecule has 0 N–H and O–H groups in total. The van der Waals surface area contributed by atoms with Crippen LogP contribution in [0.4, 0.5) is 0 Å².